The van der Waals surface area contributed by atoms with Crippen LogP contribution < -0.4 is 11.0 Å². The van der Waals surface area contributed by atoms with E-state index in [0.717, 1.165) is 18.6 Å². The number of halogens is 1. The molecule has 9 heteroatoms. The number of aromatic nitrogens is 2. The molecule has 0 aliphatic heterocycles. The molecule has 0 radical (unpaired) electrons. The summed E-state index contributed by atoms with van der Waals surface area (Å²) in [6.45, 7) is 1.63. The van der Waals surface area contributed by atoms with E-state index in [2.05, 4.69) is 15.3 Å². The van der Waals surface area contributed by atoms with E-state index in [0.29, 0.717) is 18.5 Å². The minimum Gasteiger partial charge on any atom is -0.310 e. The van der Waals surface area contributed by atoms with Crippen LogP contribution in [0.1, 0.15) is 37.8 Å². The van der Waals surface area contributed by atoms with Gasteiger partial charge in [0.2, 0.25) is 5.91 Å². The Labute approximate surface area is 156 Å². The molecule has 1 amide bonds. The summed E-state index contributed by atoms with van der Waals surface area (Å²) in [7, 11) is -4.07. The Morgan fingerprint density at radius 3 is 2.41 bits per heavy atom. The molecular weight excluding hydrogens is 373 g/mol. The van der Waals surface area contributed by atoms with E-state index in [9.17, 15) is 22.4 Å². The van der Waals surface area contributed by atoms with Crippen LogP contribution in [0.3, 0.4) is 0 Å². The van der Waals surface area contributed by atoms with Crippen LogP contribution in [0.15, 0.2) is 40.0 Å². The van der Waals surface area contributed by atoms with E-state index < -0.39 is 32.0 Å². The van der Waals surface area contributed by atoms with Crippen LogP contribution in [0.5, 0.6) is 0 Å². The van der Waals surface area contributed by atoms with Gasteiger partial charge in [-0.3, -0.25) is 4.79 Å². The lowest BCUT2D eigenvalue weighted by Crippen LogP contribution is -2.51. The molecule has 144 valence electrons. The van der Waals surface area contributed by atoms with Gasteiger partial charge in [-0.25, -0.2) is 17.6 Å². The number of amides is 1. The smallest absolute Gasteiger partial charge is 0.310 e. The molecule has 2 aromatic rings. The highest BCUT2D eigenvalue weighted by Crippen LogP contribution is 2.40. The molecule has 0 saturated heterocycles. The second kappa shape index (κ2) is 7.22. The lowest BCUT2D eigenvalue weighted by molar-refractivity contribution is -0.119. The van der Waals surface area contributed by atoms with Crippen molar-refractivity contribution >= 4 is 21.6 Å². The average molecular weight is 393 g/mol. The summed E-state index contributed by atoms with van der Waals surface area (Å²) in [4.78, 5) is 30.7. The maximum Gasteiger partial charge on any atom is 0.347 e. The van der Waals surface area contributed by atoms with Crippen LogP contribution >= 0.6 is 0 Å². The van der Waals surface area contributed by atoms with Gasteiger partial charge in [0.1, 0.15) is 11.6 Å². The van der Waals surface area contributed by atoms with Crippen LogP contribution in [0.4, 0.5) is 10.2 Å². The number of nitrogens with zero attached hydrogens (tertiary/aromatic N) is 1. The van der Waals surface area contributed by atoms with Crippen LogP contribution in [0.2, 0.25) is 0 Å². The Balaban J connectivity index is 2.02. The van der Waals surface area contributed by atoms with Gasteiger partial charge in [0.25, 0.3) is 0 Å². The largest absolute Gasteiger partial charge is 0.347 e. The Morgan fingerprint density at radius 1 is 1.19 bits per heavy atom. The second-order valence-corrected chi connectivity index (χ2v) is 8.98. The van der Waals surface area contributed by atoms with Crippen LogP contribution in [0, 0.1) is 12.7 Å². The zero-order valence-electron chi connectivity index (χ0n) is 14.8. The predicted octanol–water partition coefficient (Wildman–Crippen LogP) is 2.33. The Bertz CT molecular complexity index is 1010. The van der Waals surface area contributed by atoms with Gasteiger partial charge in [-0.1, -0.05) is 19.3 Å². The van der Waals surface area contributed by atoms with Crippen molar-refractivity contribution in [1.82, 2.24) is 9.97 Å². The number of rotatable bonds is 4. The maximum absolute atomic E-state index is 13.3. The standard InChI is InChI=1S/C18H20FN3O4S/c1-12-11-15(22-17(24)20-12)21-16(23)18(9-3-2-4-10-18)27(25,26)14-7-5-13(19)6-8-14/h5-8,11H,2-4,9-10H2,1H3,(H2,20,21,22,23,24). The van der Waals surface area contributed by atoms with Gasteiger partial charge in [-0.15, -0.1) is 0 Å². The molecule has 1 aromatic heterocycles. The Kier molecular flexibility index (Phi) is 5.14. The molecule has 1 aliphatic rings. The third kappa shape index (κ3) is 3.64. The number of hydrogen-bond donors (Lipinski definition) is 2. The van der Waals surface area contributed by atoms with Gasteiger partial charge in [0.15, 0.2) is 14.6 Å². The fourth-order valence-electron chi connectivity index (χ4n) is 3.45. The van der Waals surface area contributed by atoms with Crippen LogP contribution in [0.25, 0.3) is 0 Å². The maximum atomic E-state index is 13.3. The van der Waals surface area contributed by atoms with Crippen molar-refractivity contribution in [1.29, 1.82) is 0 Å². The quantitative estimate of drug-likeness (QED) is 0.775. The number of sulfone groups is 1. The lowest BCUT2D eigenvalue weighted by atomic mass is 9.87. The summed E-state index contributed by atoms with van der Waals surface area (Å²) in [5.74, 6) is -1.27. The fourth-order valence-corrected chi connectivity index (χ4v) is 5.52. The molecule has 0 atom stereocenters. The first-order chi connectivity index (χ1) is 12.7. The molecule has 1 fully saturated rings. The van der Waals surface area contributed by atoms with Gasteiger partial charge >= 0.3 is 5.69 Å². The van der Waals surface area contributed by atoms with E-state index in [-0.39, 0.29) is 23.6 Å². The highest BCUT2D eigenvalue weighted by atomic mass is 32.2. The number of hydrogen-bond acceptors (Lipinski definition) is 5. The van der Waals surface area contributed by atoms with Gasteiger partial charge in [-0.05, 0) is 44.0 Å². The summed E-state index contributed by atoms with van der Waals surface area (Å²) in [5, 5.41) is 2.50. The summed E-state index contributed by atoms with van der Waals surface area (Å²) in [5.41, 5.74) is -0.145. The van der Waals surface area contributed by atoms with Crippen LogP contribution in [-0.2, 0) is 14.6 Å². The average Bonchev–Trinajstić information content (AvgIpc) is 2.61. The summed E-state index contributed by atoms with van der Waals surface area (Å²) < 4.78 is 38.2. The monoisotopic (exact) mass is 393 g/mol. The van der Waals surface area contributed by atoms with Gasteiger partial charge in [0.05, 0.1) is 4.90 Å². The van der Waals surface area contributed by atoms with Crippen molar-refractivity contribution in [2.45, 2.75) is 48.7 Å². The lowest BCUT2D eigenvalue weighted by Gasteiger charge is -2.35. The van der Waals surface area contributed by atoms with Gasteiger partial charge < -0.3 is 10.3 Å². The highest BCUT2D eigenvalue weighted by molar-refractivity contribution is 7.93. The molecule has 0 unspecified atom stereocenters. The summed E-state index contributed by atoms with van der Waals surface area (Å²) in [6, 6.07) is 5.92. The topological polar surface area (TPSA) is 109 Å². The number of aryl methyl sites for hydroxylation is 1. The molecule has 0 spiro atoms. The molecular formula is C18H20FN3O4S. The molecule has 7 nitrogen and oxygen atoms in total. The molecule has 27 heavy (non-hydrogen) atoms. The van der Waals surface area contributed by atoms with E-state index in [1.54, 1.807) is 6.92 Å². The van der Waals surface area contributed by atoms with Crippen LogP contribution in [-0.4, -0.2) is 29.0 Å². The first kappa shape index (κ1) is 19.2. The zero-order valence-corrected chi connectivity index (χ0v) is 15.6. The van der Waals surface area contributed by atoms with Crippen molar-refractivity contribution in [2.24, 2.45) is 0 Å². The van der Waals surface area contributed by atoms with Gasteiger partial charge in [-0.2, -0.15) is 4.98 Å². The second-order valence-electron chi connectivity index (χ2n) is 6.72. The minimum atomic E-state index is -4.07. The molecule has 1 aromatic carbocycles. The number of H-pyrrole nitrogens is 1. The molecule has 1 heterocycles. The van der Waals surface area contributed by atoms with Crippen molar-refractivity contribution in [3.05, 3.63) is 52.3 Å². The van der Waals surface area contributed by atoms with Crippen molar-refractivity contribution in [3.8, 4) is 0 Å². The van der Waals surface area contributed by atoms with Gasteiger partial charge in [0, 0.05) is 11.8 Å². The minimum absolute atomic E-state index is 0.000467. The van der Waals surface area contributed by atoms with E-state index in [4.69, 9.17) is 0 Å². The fraction of sp³-hybridized carbons (Fsp3) is 0.389. The summed E-state index contributed by atoms with van der Waals surface area (Å²) >= 11 is 0. The summed E-state index contributed by atoms with van der Waals surface area (Å²) in [6.07, 6.45) is 2.29. The molecule has 1 aliphatic carbocycles. The molecule has 1 saturated carbocycles. The van der Waals surface area contributed by atoms with E-state index in [1.165, 1.54) is 18.2 Å². The predicted molar refractivity (Wildman–Crippen MR) is 97.6 cm³/mol. The third-order valence-electron chi connectivity index (χ3n) is 4.83. The SMILES string of the molecule is Cc1cc(NC(=O)C2(S(=O)(=O)c3ccc(F)cc3)CCCCC2)nc(=O)[nH]1. The normalized spacial score (nSPS) is 16.7. The van der Waals surface area contributed by atoms with E-state index in [1.807, 2.05) is 0 Å². The Morgan fingerprint density at radius 2 is 1.81 bits per heavy atom. The number of aromatic amines is 1. The molecule has 2 N–H and O–H groups in total. The zero-order chi connectivity index (χ0) is 19.7. The first-order valence-corrected chi connectivity index (χ1v) is 10.1. The highest BCUT2D eigenvalue weighted by Gasteiger charge is 2.51. The number of carbonyl (C=O) groups excluding carboxylic acids is 1. The number of benzene rings is 1. The number of anilines is 1. The van der Waals surface area contributed by atoms with Crippen molar-refractivity contribution in [3.63, 3.8) is 0 Å². The molecule has 3 rings (SSSR count). The number of nitrogens with one attached hydrogen (secondary N) is 2. The Hall–Kier alpha value is -2.55. The van der Waals surface area contributed by atoms with Crippen molar-refractivity contribution < 1.29 is 17.6 Å². The molecule has 0 bridgehead atoms. The number of carbonyl (C=O) groups is 1. The van der Waals surface area contributed by atoms with E-state index >= 15 is 0 Å². The van der Waals surface area contributed by atoms with Crippen molar-refractivity contribution in [2.75, 3.05) is 5.32 Å². The first-order valence-electron chi connectivity index (χ1n) is 8.64. The third-order valence-corrected chi connectivity index (χ3v) is 7.35.